The summed E-state index contributed by atoms with van der Waals surface area (Å²) in [5.41, 5.74) is 1.50. The molecule has 0 atom stereocenters. The van der Waals surface area contributed by atoms with Gasteiger partial charge in [0, 0.05) is 12.6 Å². The highest BCUT2D eigenvalue weighted by atomic mass is 16.1. The van der Waals surface area contributed by atoms with Crippen molar-refractivity contribution in [3.05, 3.63) is 29.6 Å². The molecule has 0 aliphatic rings. The van der Waals surface area contributed by atoms with E-state index >= 15 is 0 Å². The molecular formula is C10H9NO. The highest BCUT2D eigenvalue weighted by Crippen LogP contribution is 2.00. The first-order valence-corrected chi connectivity index (χ1v) is 3.63. The minimum Gasteiger partial charge on any atom is -0.300 e. The van der Waals surface area contributed by atoms with Gasteiger partial charge >= 0.3 is 0 Å². The van der Waals surface area contributed by atoms with Gasteiger partial charge in [0.05, 0.1) is 0 Å². The maximum absolute atomic E-state index is 10.7. The summed E-state index contributed by atoms with van der Waals surface area (Å²) in [6.07, 6.45) is 7.19. The molecule has 0 unspecified atom stereocenters. The predicted octanol–water partition coefficient (Wildman–Crippen LogP) is 1.19. The van der Waals surface area contributed by atoms with Crippen molar-refractivity contribution >= 4 is 5.78 Å². The number of ketones is 1. The Morgan fingerprint density at radius 2 is 2.42 bits per heavy atom. The quantitative estimate of drug-likeness (QED) is 0.607. The molecule has 0 amide bonds. The van der Waals surface area contributed by atoms with E-state index in [1.165, 1.54) is 0 Å². The van der Waals surface area contributed by atoms with Gasteiger partial charge in [0.1, 0.15) is 11.5 Å². The third kappa shape index (κ3) is 2.21. The van der Waals surface area contributed by atoms with Crippen molar-refractivity contribution in [2.24, 2.45) is 0 Å². The normalized spacial score (nSPS) is 9.00. The molecule has 1 aromatic rings. The molecule has 2 nitrogen and oxygen atoms in total. The number of terminal acetylenes is 1. The summed E-state index contributed by atoms with van der Waals surface area (Å²) in [5, 5.41) is 0. The van der Waals surface area contributed by atoms with Gasteiger partial charge in [-0.05, 0) is 18.6 Å². The molecule has 2 heteroatoms. The van der Waals surface area contributed by atoms with Crippen molar-refractivity contribution < 1.29 is 4.79 Å². The lowest BCUT2D eigenvalue weighted by atomic mass is 10.1. The van der Waals surface area contributed by atoms with E-state index in [0.29, 0.717) is 12.1 Å². The smallest absolute Gasteiger partial charge is 0.134 e. The molecule has 0 fully saturated rings. The zero-order valence-electron chi connectivity index (χ0n) is 6.87. The van der Waals surface area contributed by atoms with Gasteiger partial charge in [-0.2, -0.15) is 0 Å². The molecule has 0 spiro atoms. The minimum atomic E-state index is 0.130. The Balaban J connectivity index is 2.80. The van der Waals surface area contributed by atoms with Crippen molar-refractivity contribution in [1.29, 1.82) is 0 Å². The number of aromatic nitrogens is 1. The summed E-state index contributed by atoms with van der Waals surface area (Å²) in [6.45, 7) is 1.55. The maximum Gasteiger partial charge on any atom is 0.134 e. The topological polar surface area (TPSA) is 30.0 Å². The molecule has 1 heterocycles. The molecule has 0 aliphatic carbocycles. The number of hydrogen-bond donors (Lipinski definition) is 0. The van der Waals surface area contributed by atoms with Crippen LogP contribution in [0.4, 0.5) is 0 Å². The van der Waals surface area contributed by atoms with Crippen LogP contribution in [0.3, 0.4) is 0 Å². The van der Waals surface area contributed by atoms with E-state index in [4.69, 9.17) is 6.42 Å². The number of carbonyl (C=O) groups excluding carboxylic acids is 1. The number of pyridine rings is 1. The van der Waals surface area contributed by atoms with Crippen LogP contribution in [0, 0.1) is 12.3 Å². The van der Waals surface area contributed by atoms with E-state index in [0.717, 1.165) is 5.56 Å². The Kier molecular flexibility index (Phi) is 2.60. The van der Waals surface area contributed by atoms with Gasteiger partial charge in [-0.25, -0.2) is 4.98 Å². The van der Waals surface area contributed by atoms with Gasteiger partial charge in [-0.3, -0.25) is 4.79 Å². The highest BCUT2D eigenvalue weighted by molar-refractivity contribution is 5.78. The van der Waals surface area contributed by atoms with E-state index in [9.17, 15) is 4.79 Å². The molecule has 12 heavy (non-hydrogen) atoms. The van der Waals surface area contributed by atoms with E-state index in [-0.39, 0.29) is 5.78 Å². The average molecular weight is 159 g/mol. The Morgan fingerprint density at radius 3 is 2.83 bits per heavy atom. The van der Waals surface area contributed by atoms with Gasteiger partial charge < -0.3 is 0 Å². The van der Waals surface area contributed by atoms with Crippen LogP contribution in [-0.4, -0.2) is 10.8 Å². The second kappa shape index (κ2) is 3.68. The standard InChI is InChI=1S/C10H9NO/c1-3-10-5-4-9(7-11-10)6-8(2)12/h1,4-5,7H,6H2,2H3. The molecule has 0 saturated heterocycles. The third-order valence-electron chi connectivity index (χ3n) is 1.43. The zero-order valence-corrected chi connectivity index (χ0v) is 6.87. The van der Waals surface area contributed by atoms with E-state index in [2.05, 4.69) is 10.9 Å². The SMILES string of the molecule is C#Cc1ccc(CC(C)=O)cn1. The minimum absolute atomic E-state index is 0.130. The van der Waals surface area contributed by atoms with Gasteiger partial charge in [0.2, 0.25) is 0 Å². The number of Topliss-reactive ketones (excluding diaryl/α,β-unsaturated/α-hetero) is 1. The Hall–Kier alpha value is -1.62. The summed E-state index contributed by atoms with van der Waals surface area (Å²) in [4.78, 5) is 14.7. The van der Waals surface area contributed by atoms with Gasteiger partial charge in [0.15, 0.2) is 0 Å². The second-order valence-electron chi connectivity index (χ2n) is 2.57. The predicted molar refractivity (Wildman–Crippen MR) is 46.6 cm³/mol. The fourth-order valence-corrected chi connectivity index (χ4v) is 0.902. The first-order chi connectivity index (χ1) is 5.72. The summed E-state index contributed by atoms with van der Waals surface area (Å²) >= 11 is 0. The lowest BCUT2D eigenvalue weighted by Gasteiger charge is -1.95. The lowest BCUT2D eigenvalue weighted by molar-refractivity contribution is -0.116. The van der Waals surface area contributed by atoms with E-state index < -0.39 is 0 Å². The first kappa shape index (κ1) is 8.48. The summed E-state index contributed by atoms with van der Waals surface area (Å²) in [7, 11) is 0. The molecule has 0 bridgehead atoms. The average Bonchev–Trinajstić information content (AvgIpc) is 2.05. The van der Waals surface area contributed by atoms with Crippen LogP contribution >= 0.6 is 0 Å². The number of hydrogen-bond acceptors (Lipinski definition) is 2. The van der Waals surface area contributed by atoms with Crippen molar-refractivity contribution in [2.75, 3.05) is 0 Å². The summed E-state index contributed by atoms with van der Waals surface area (Å²) < 4.78 is 0. The van der Waals surface area contributed by atoms with E-state index in [1.54, 1.807) is 19.2 Å². The Morgan fingerprint density at radius 1 is 1.67 bits per heavy atom. The van der Waals surface area contributed by atoms with Crippen molar-refractivity contribution in [2.45, 2.75) is 13.3 Å². The molecule has 0 aliphatic heterocycles. The van der Waals surface area contributed by atoms with Crippen LogP contribution < -0.4 is 0 Å². The summed E-state index contributed by atoms with van der Waals surface area (Å²) in [5.74, 6) is 2.54. The molecule has 0 N–H and O–H groups in total. The molecule has 0 saturated carbocycles. The fourth-order valence-electron chi connectivity index (χ4n) is 0.902. The van der Waals surface area contributed by atoms with Crippen LogP contribution in [0.1, 0.15) is 18.2 Å². The van der Waals surface area contributed by atoms with Crippen LogP contribution in [0.2, 0.25) is 0 Å². The summed E-state index contributed by atoms with van der Waals surface area (Å²) in [6, 6.07) is 3.56. The third-order valence-corrected chi connectivity index (χ3v) is 1.43. The van der Waals surface area contributed by atoms with Crippen molar-refractivity contribution in [3.8, 4) is 12.3 Å². The monoisotopic (exact) mass is 159 g/mol. The molecule has 1 aromatic heterocycles. The Labute approximate surface area is 71.6 Å². The molecule has 0 radical (unpaired) electrons. The van der Waals surface area contributed by atoms with Crippen LogP contribution in [-0.2, 0) is 11.2 Å². The number of rotatable bonds is 2. The molecule has 1 rings (SSSR count). The van der Waals surface area contributed by atoms with E-state index in [1.807, 2.05) is 6.07 Å². The number of carbonyl (C=O) groups is 1. The van der Waals surface area contributed by atoms with Crippen LogP contribution in [0.5, 0.6) is 0 Å². The fraction of sp³-hybridized carbons (Fsp3) is 0.200. The Bertz CT molecular complexity index is 319. The molecular weight excluding hydrogens is 150 g/mol. The van der Waals surface area contributed by atoms with Gasteiger partial charge in [-0.15, -0.1) is 6.42 Å². The van der Waals surface area contributed by atoms with Gasteiger partial charge in [0.25, 0.3) is 0 Å². The van der Waals surface area contributed by atoms with Crippen molar-refractivity contribution in [1.82, 2.24) is 4.98 Å². The number of nitrogens with zero attached hydrogens (tertiary/aromatic N) is 1. The first-order valence-electron chi connectivity index (χ1n) is 3.63. The maximum atomic E-state index is 10.7. The highest BCUT2D eigenvalue weighted by Gasteiger charge is 1.96. The molecule has 60 valence electrons. The van der Waals surface area contributed by atoms with Crippen molar-refractivity contribution in [3.63, 3.8) is 0 Å². The van der Waals surface area contributed by atoms with Crippen LogP contribution in [0.25, 0.3) is 0 Å². The van der Waals surface area contributed by atoms with Crippen LogP contribution in [0.15, 0.2) is 18.3 Å². The molecule has 0 aromatic carbocycles. The lowest BCUT2D eigenvalue weighted by Crippen LogP contribution is -1.96. The second-order valence-corrected chi connectivity index (χ2v) is 2.57. The largest absolute Gasteiger partial charge is 0.300 e. The van der Waals surface area contributed by atoms with Gasteiger partial charge in [-0.1, -0.05) is 12.0 Å². The zero-order chi connectivity index (χ0) is 8.97.